The van der Waals surface area contributed by atoms with Crippen molar-refractivity contribution in [2.24, 2.45) is 0 Å². The largest absolute Gasteiger partial charge is 0.496 e. The van der Waals surface area contributed by atoms with Crippen LogP contribution in [0.3, 0.4) is 0 Å². The Morgan fingerprint density at radius 2 is 0.628 bits per heavy atom. The molecule has 0 aliphatic rings. The molecule has 43 heavy (non-hydrogen) atoms. The first-order valence-electron chi connectivity index (χ1n) is 15.1. The van der Waals surface area contributed by atoms with E-state index in [0.717, 1.165) is 69.4 Å². The summed E-state index contributed by atoms with van der Waals surface area (Å²) < 4.78 is 30.8. The van der Waals surface area contributed by atoms with Gasteiger partial charge in [0, 0.05) is 0 Å². The maximum atomic E-state index is 7.47. The van der Waals surface area contributed by atoms with Crippen LogP contribution in [0, 0.1) is 0 Å². The van der Waals surface area contributed by atoms with E-state index in [1.54, 1.807) is 28.4 Å². The van der Waals surface area contributed by atoms with Gasteiger partial charge in [0.1, 0.15) is 23.0 Å². The highest BCUT2D eigenvalue weighted by atomic mass is 28.4. The van der Waals surface area contributed by atoms with Crippen LogP contribution in [0.25, 0.3) is 0 Å². The summed E-state index contributed by atoms with van der Waals surface area (Å²) in [4.78, 5) is 0. The number of ether oxygens (including phenoxy) is 4. The van der Waals surface area contributed by atoms with Crippen molar-refractivity contribution in [2.75, 3.05) is 28.4 Å². The molecule has 0 amide bonds. The SMILES string of the molecule is CCc1ccc([Si](O[Si](c2ccc(CC)c(OC)c2)c2ccc(CC)c(OC)c2)c2ccc(CC)c(OC)c2)cc1OC. The van der Waals surface area contributed by atoms with Gasteiger partial charge in [-0.3, -0.25) is 0 Å². The zero-order valence-corrected chi connectivity index (χ0v) is 28.8. The second kappa shape index (κ2) is 15.3. The molecule has 0 aromatic heterocycles. The van der Waals surface area contributed by atoms with Gasteiger partial charge < -0.3 is 23.1 Å². The van der Waals surface area contributed by atoms with Crippen molar-refractivity contribution in [3.05, 3.63) is 95.1 Å². The summed E-state index contributed by atoms with van der Waals surface area (Å²) in [5, 5.41) is 4.51. The lowest BCUT2D eigenvalue weighted by atomic mass is 10.1. The molecule has 0 aliphatic carbocycles. The summed E-state index contributed by atoms with van der Waals surface area (Å²) >= 11 is 0. The summed E-state index contributed by atoms with van der Waals surface area (Å²) in [6.45, 7) is 8.60. The van der Waals surface area contributed by atoms with Gasteiger partial charge in [0.25, 0.3) is 18.1 Å². The van der Waals surface area contributed by atoms with E-state index in [9.17, 15) is 0 Å². The normalized spacial score (nSPS) is 11.2. The summed E-state index contributed by atoms with van der Waals surface area (Å²) in [6, 6.07) is 26.1. The summed E-state index contributed by atoms with van der Waals surface area (Å²) in [5.41, 5.74) is 4.71. The highest BCUT2D eigenvalue weighted by molar-refractivity contribution is 6.92. The Morgan fingerprint density at radius 3 is 0.814 bits per heavy atom. The molecule has 0 saturated carbocycles. The highest BCUT2D eigenvalue weighted by Crippen LogP contribution is 2.22. The molecule has 0 saturated heterocycles. The number of methoxy groups -OCH3 is 4. The van der Waals surface area contributed by atoms with Gasteiger partial charge in [0.2, 0.25) is 0 Å². The van der Waals surface area contributed by atoms with Crippen LogP contribution in [0.15, 0.2) is 72.8 Å². The lowest BCUT2D eigenvalue weighted by Crippen LogP contribution is -2.56. The Kier molecular flexibility index (Phi) is 11.5. The van der Waals surface area contributed by atoms with Crippen LogP contribution in [-0.2, 0) is 29.8 Å². The summed E-state index contributed by atoms with van der Waals surface area (Å²) in [6.07, 6.45) is 3.59. The number of aryl methyl sites for hydroxylation is 4. The molecule has 2 radical (unpaired) electrons. The van der Waals surface area contributed by atoms with Gasteiger partial charge in [-0.1, -0.05) is 76.2 Å². The molecule has 226 valence electrons. The van der Waals surface area contributed by atoms with Crippen molar-refractivity contribution >= 4 is 38.8 Å². The minimum atomic E-state index is -1.77. The number of benzene rings is 4. The van der Waals surface area contributed by atoms with Gasteiger partial charge in [0.05, 0.1) is 28.4 Å². The zero-order chi connectivity index (χ0) is 30.9. The van der Waals surface area contributed by atoms with Gasteiger partial charge in [-0.15, -0.1) is 0 Å². The Bertz CT molecular complexity index is 1300. The Hall–Kier alpha value is -3.53. The second-order valence-electron chi connectivity index (χ2n) is 10.3. The predicted molar refractivity (Wildman–Crippen MR) is 181 cm³/mol. The second-order valence-corrected chi connectivity index (χ2v) is 14.7. The first-order chi connectivity index (χ1) is 20.9. The first-order valence-corrected chi connectivity index (χ1v) is 17.9. The molecule has 4 aromatic carbocycles. The van der Waals surface area contributed by atoms with E-state index < -0.39 is 18.1 Å². The molecule has 0 N–H and O–H groups in total. The molecule has 0 atom stereocenters. The third-order valence-electron chi connectivity index (χ3n) is 7.92. The quantitative estimate of drug-likeness (QED) is 0.190. The van der Waals surface area contributed by atoms with Crippen LogP contribution in [0.4, 0.5) is 0 Å². The van der Waals surface area contributed by atoms with Gasteiger partial charge in [-0.05, 0) is 92.9 Å². The Balaban J connectivity index is 1.94. The maximum absolute atomic E-state index is 7.47. The standard InChI is InChI=1S/C36H44O5Si2/c1-9-25-13-17-29(21-33(25)37-5)42(30-18-14-26(10-2)34(22-30)38-6)41-43(31-19-15-27(11-3)35(23-31)39-7)32-20-16-28(12-4)36(24-32)40-8/h13-24H,9-12H2,1-8H3. The molecule has 0 spiro atoms. The fraction of sp³-hybridized carbons (Fsp3) is 0.333. The lowest BCUT2D eigenvalue weighted by molar-refractivity contribution is 0.410. The average molecular weight is 613 g/mol. The maximum Gasteiger partial charge on any atom is 0.272 e. The molecule has 0 aliphatic heterocycles. The fourth-order valence-electron chi connectivity index (χ4n) is 5.38. The van der Waals surface area contributed by atoms with Crippen molar-refractivity contribution in [3.8, 4) is 23.0 Å². The summed E-state index contributed by atoms with van der Waals surface area (Å²) in [5.74, 6) is 3.56. The molecular formula is C36H44O5Si2. The van der Waals surface area contributed by atoms with Gasteiger partial charge in [-0.2, -0.15) is 0 Å². The Morgan fingerprint density at radius 1 is 0.395 bits per heavy atom. The van der Waals surface area contributed by atoms with Crippen LogP contribution < -0.4 is 39.7 Å². The number of hydrogen-bond acceptors (Lipinski definition) is 5. The number of hydrogen-bond donors (Lipinski definition) is 0. The third kappa shape index (κ3) is 7.17. The molecule has 0 bridgehead atoms. The highest BCUT2D eigenvalue weighted by Gasteiger charge is 2.31. The van der Waals surface area contributed by atoms with E-state index >= 15 is 0 Å². The molecule has 5 nitrogen and oxygen atoms in total. The van der Waals surface area contributed by atoms with E-state index in [2.05, 4.69) is 100 Å². The molecule has 7 heteroatoms. The van der Waals surface area contributed by atoms with Crippen molar-refractivity contribution in [1.29, 1.82) is 0 Å². The first kappa shape index (κ1) is 32.4. The van der Waals surface area contributed by atoms with Crippen molar-refractivity contribution < 1.29 is 23.1 Å². The third-order valence-corrected chi connectivity index (χ3v) is 12.9. The topological polar surface area (TPSA) is 46.2 Å². The molecule has 0 unspecified atom stereocenters. The molecule has 4 rings (SSSR count). The van der Waals surface area contributed by atoms with E-state index in [-0.39, 0.29) is 0 Å². The predicted octanol–water partition coefficient (Wildman–Crippen LogP) is 4.90. The minimum absolute atomic E-state index is 0.889. The van der Waals surface area contributed by atoms with Crippen LogP contribution in [0.1, 0.15) is 49.9 Å². The molecule has 0 fully saturated rings. The number of rotatable bonds is 14. The van der Waals surface area contributed by atoms with E-state index in [4.69, 9.17) is 23.1 Å². The molecule has 0 heterocycles. The average Bonchev–Trinajstić information content (AvgIpc) is 3.07. The van der Waals surface area contributed by atoms with Crippen molar-refractivity contribution in [1.82, 2.24) is 0 Å². The van der Waals surface area contributed by atoms with E-state index in [1.165, 1.54) is 22.3 Å². The Labute approximate surface area is 261 Å². The monoisotopic (exact) mass is 612 g/mol. The van der Waals surface area contributed by atoms with E-state index in [0.29, 0.717) is 0 Å². The van der Waals surface area contributed by atoms with Gasteiger partial charge in [-0.25, -0.2) is 0 Å². The van der Waals surface area contributed by atoms with Crippen LogP contribution in [-0.4, -0.2) is 46.5 Å². The van der Waals surface area contributed by atoms with Crippen molar-refractivity contribution in [2.45, 2.75) is 53.4 Å². The fourth-order valence-corrected chi connectivity index (χ4v) is 10.7. The summed E-state index contributed by atoms with van der Waals surface area (Å²) in [7, 11) is 3.41. The van der Waals surface area contributed by atoms with Crippen molar-refractivity contribution in [3.63, 3.8) is 0 Å². The van der Waals surface area contributed by atoms with Gasteiger partial charge in [0.15, 0.2) is 0 Å². The van der Waals surface area contributed by atoms with Crippen LogP contribution >= 0.6 is 0 Å². The molecule has 4 aromatic rings. The molecular weight excluding hydrogens is 569 g/mol. The van der Waals surface area contributed by atoms with Crippen LogP contribution in [0.5, 0.6) is 23.0 Å². The van der Waals surface area contributed by atoms with Crippen LogP contribution in [0.2, 0.25) is 0 Å². The van der Waals surface area contributed by atoms with E-state index in [1.807, 2.05) is 0 Å². The minimum Gasteiger partial charge on any atom is -0.496 e. The van der Waals surface area contributed by atoms with Gasteiger partial charge >= 0.3 is 0 Å². The zero-order valence-electron chi connectivity index (χ0n) is 26.8. The lowest BCUT2D eigenvalue weighted by Gasteiger charge is -2.26. The smallest absolute Gasteiger partial charge is 0.272 e.